The van der Waals surface area contributed by atoms with Gasteiger partial charge in [0.2, 0.25) is 0 Å². The lowest BCUT2D eigenvalue weighted by Crippen LogP contribution is -2.47. The van der Waals surface area contributed by atoms with Gasteiger partial charge in [0.1, 0.15) is 6.10 Å². The Morgan fingerprint density at radius 1 is 1.21 bits per heavy atom. The molecular formula is C25H34O9. The van der Waals surface area contributed by atoms with Gasteiger partial charge in [0, 0.05) is 5.57 Å². The van der Waals surface area contributed by atoms with Crippen molar-refractivity contribution in [3.63, 3.8) is 0 Å². The highest BCUT2D eigenvalue weighted by atomic mass is 16.6. The first-order valence-corrected chi connectivity index (χ1v) is 11.4. The molecule has 1 fully saturated rings. The molecule has 0 unspecified atom stereocenters. The van der Waals surface area contributed by atoms with Crippen LogP contribution in [-0.4, -0.2) is 61.0 Å². The van der Waals surface area contributed by atoms with Crippen molar-refractivity contribution in [1.82, 2.24) is 0 Å². The highest BCUT2D eigenvalue weighted by Crippen LogP contribution is 2.38. The number of hydrogen-bond acceptors (Lipinski definition) is 9. The normalized spacial score (nSPS) is 29.0. The molecule has 0 spiro atoms. The van der Waals surface area contributed by atoms with Gasteiger partial charge in [-0.3, -0.25) is 9.59 Å². The van der Waals surface area contributed by atoms with Crippen molar-refractivity contribution in [3.8, 4) is 0 Å². The highest BCUT2D eigenvalue weighted by molar-refractivity contribution is 5.93. The van der Waals surface area contributed by atoms with Gasteiger partial charge < -0.3 is 24.1 Å². The largest absolute Gasteiger partial charge is 0.466 e. The minimum absolute atomic E-state index is 0.00877. The van der Waals surface area contributed by atoms with E-state index in [0.717, 1.165) is 0 Å². The van der Waals surface area contributed by atoms with Crippen LogP contribution in [0.2, 0.25) is 0 Å². The fraction of sp³-hybridized carbons (Fsp3) is 0.600. The number of methoxy groups -OCH3 is 1. The van der Waals surface area contributed by atoms with Gasteiger partial charge in [0.05, 0.1) is 37.0 Å². The van der Waals surface area contributed by atoms with Crippen molar-refractivity contribution in [2.75, 3.05) is 13.7 Å². The van der Waals surface area contributed by atoms with Gasteiger partial charge in [-0.05, 0) is 30.9 Å². The SMILES string of the molecule is C=C1C(=O)O[C@@H]2/C=C(\CO)CC/C=C(/C(=O)OC)[C@@H](OC(=O)[C@@H](C)CC)[C@H](OC(=O)C(C)C)[C@H]12. The molecule has 2 aliphatic rings. The Balaban J connectivity index is 2.73. The van der Waals surface area contributed by atoms with E-state index in [0.29, 0.717) is 24.8 Å². The zero-order chi connectivity index (χ0) is 25.6. The molecule has 1 N–H and O–H groups in total. The van der Waals surface area contributed by atoms with Crippen LogP contribution in [0.25, 0.3) is 0 Å². The third-order valence-electron chi connectivity index (χ3n) is 6.06. The number of fused-ring (bicyclic) bond motifs is 1. The van der Waals surface area contributed by atoms with Gasteiger partial charge in [-0.2, -0.15) is 0 Å². The molecule has 0 aromatic heterocycles. The topological polar surface area (TPSA) is 125 Å². The van der Waals surface area contributed by atoms with Crippen molar-refractivity contribution in [3.05, 3.63) is 35.5 Å². The Morgan fingerprint density at radius 3 is 2.44 bits per heavy atom. The van der Waals surface area contributed by atoms with Gasteiger partial charge in [0.15, 0.2) is 12.2 Å². The van der Waals surface area contributed by atoms with Crippen LogP contribution in [-0.2, 0) is 38.1 Å². The van der Waals surface area contributed by atoms with Crippen LogP contribution < -0.4 is 0 Å². The minimum Gasteiger partial charge on any atom is -0.466 e. The summed E-state index contributed by atoms with van der Waals surface area (Å²) in [6.07, 6.45) is 0.683. The number of rotatable bonds is 7. The molecule has 188 valence electrons. The van der Waals surface area contributed by atoms with Crippen LogP contribution in [0.3, 0.4) is 0 Å². The van der Waals surface area contributed by atoms with Crippen molar-refractivity contribution >= 4 is 23.9 Å². The van der Waals surface area contributed by atoms with E-state index < -0.39 is 59.9 Å². The minimum atomic E-state index is -1.36. The standard InChI is InChI=1S/C25H34O9/c1-7-14(4)23(28)33-20-17(25(30)31-6)10-8-9-16(12-26)11-18-19(15(5)24(29)32-18)21(20)34-22(27)13(2)3/h10-11,13-14,18-21,26H,5,7-9,12H2,1-4,6H3/b16-11-,17-10+/t14-,18+,19+,20+,21+/m0/s1. The number of aliphatic hydroxyl groups excluding tert-OH is 1. The van der Waals surface area contributed by atoms with Crippen LogP contribution in [0.15, 0.2) is 35.5 Å². The summed E-state index contributed by atoms with van der Waals surface area (Å²) in [4.78, 5) is 50.9. The van der Waals surface area contributed by atoms with E-state index in [-0.39, 0.29) is 17.8 Å². The second-order valence-electron chi connectivity index (χ2n) is 8.82. The molecule has 0 saturated carbocycles. The highest BCUT2D eigenvalue weighted by Gasteiger charge is 2.51. The van der Waals surface area contributed by atoms with Gasteiger partial charge in [-0.1, -0.05) is 40.3 Å². The molecule has 0 bridgehead atoms. The van der Waals surface area contributed by atoms with Crippen molar-refractivity contribution in [1.29, 1.82) is 0 Å². The number of carbonyl (C=O) groups is 4. The fourth-order valence-corrected chi connectivity index (χ4v) is 3.73. The van der Waals surface area contributed by atoms with Crippen molar-refractivity contribution < 1.29 is 43.2 Å². The summed E-state index contributed by atoms with van der Waals surface area (Å²) in [6, 6.07) is 0. The molecule has 0 aromatic rings. The number of esters is 4. The number of ether oxygens (including phenoxy) is 4. The summed E-state index contributed by atoms with van der Waals surface area (Å²) in [6.45, 7) is 10.3. The van der Waals surface area contributed by atoms with E-state index in [4.69, 9.17) is 18.9 Å². The zero-order valence-electron chi connectivity index (χ0n) is 20.4. The Bertz CT molecular complexity index is 883. The predicted molar refractivity (Wildman–Crippen MR) is 121 cm³/mol. The Hall–Kier alpha value is -2.94. The van der Waals surface area contributed by atoms with Crippen LogP contribution in [0, 0.1) is 17.8 Å². The zero-order valence-corrected chi connectivity index (χ0v) is 20.4. The summed E-state index contributed by atoms with van der Waals surface area (Å²) < 4.78 is 22.0. The Morgan fingerprint density at radius 2 is 1.88 bits per heavy atom. The molecule has 1 heterocycles. The van der Waals surface area contributed by atoms with Gasteiger partial charge in [-0.25, -0.2) is 9.59 Å². The first-order valence-electron chi connectivity index (χ1n) is 11.4. The first-order chi connectivity index (χ1) is 16.0. The summed E-state index contributed by atoms with van der Waals surface area (Å²) in [5.74, 6) is -4.67. The van der Waals surface area contributed by atoms with Crippen LogP contribution in [0.5, 0.6) is 0 Å². The van der Waals surface area contributed by atoms with E-state index in [1.54, 1.807) is 32.9 Å². The second-order valence-corrected chi connectivity index (χ2v) is 8.82. The number of hydrogen-bond donors (Lipinski definition) is 1. The van der Waals surface area contributed by atoms with Crippen LogP contribution in [0.1, 0.15) is 47.0 Å². The van der Waals surface area contributed by atoms with E-state index in [1.165, 1.54) is 7.11 Å². The van der Waals surface area contributed by atoms with Crippen molar-refractivity contribution in [2.45, 2.75) is 65.3 Å². The number of allylic oxidation sites excluding steroid dienone is 1. The molecule has 5 atom stereocenters. The molecule has 1 saturated heterocycles. The molecule has 1 aliphatic carbocycles. The average Bonchev–Trinajstić information content (AvgIpc) is 3.09. The van der Waals surface area contributed by atoms with Gasteiger partial charge in [-0.15, -0.1) is 0 Å². The average molecular weight is 479 g/mol. The first kappa shape index (κ1) is 27.3. The molecule has 0 amide bonds. The molecular weight excluding hydrogens is 444 g/mol. The maximum Gasteiger partial charge on any atom is 0.337 e. The molecule has 2 rings (SSSR count). The summed E-state index contributed by atoms with van der Waals surface area (Å²) in [5.41, 5.74) is 0.558. The predicted octanol–water partition coefficient (Wildman–Crippen LogP) is 2.42. The molecule has 0 radical (unpaired) electrons. The monoisotopic (exact) mass is 478 g/mol. The summed E-state index contributed by atoms with van der Waals surface area (Å²) in [5, 5.41) is 9.79. The fourth-order valence-electron chi connectivity index (χ4n) is 3.73. The maximum atomic E-state index is 12.8. The smallest absolute Gasteiger partial charge is 0.337 e. The van der Waals surface area contributed by atoms with Gasteiger partial charge in [0.25, 0.3) is 0 Å². The summed E-state index contributed by atoms with van der Waals surface area (Å²) in [7, 11) is 1.19. The number of carbonyl (C=O) groups excluding carboxylic acids is 4. The maximum absolute atomic E-state index is 12.8. The van der Waals surface area contributed by atoms with E-state index in [1.807, 2.05) is 6.92 Å². The van der Waals surface area contributed by atoms with Crippen molar-refractivity contribution in [2.24, 2.45) is 17.8 Å². The molecule has 0 aromatic carbocycles. The lowest BCUT2D eigenvalue weighted by Gasteiger charge is -2.34. The number of aliphatic hydroxyl groups is 1. The molecule has 9 nitrogen and oxygen atoms in total. The van der Waals surface area contributed by atoms with E-state index >= 15 is 0 Å². The Labute approximate surface area is 199 Å². The lowest BCUT2D eigenvalue weighted by molar-refractivity contribution is -0.175. The molecule has 9 heteroatoms. The third kappa shape index (κ3) is 6.14. The molecule has 34 heavy (non-hydrogen) atoms. The quantitative estimate of drug-likeness (QED) is 0.254. The van der Waals surface area contributed by atoms with E-state index in [2.05, 4.69) is 6.58 Å². The van der Waals surface area contributed by atoms with Crippen LogP contribution >= 0.6 is 0 Å². The summed E-state index contributed by atoms with van der Waals surface area (Å²) >= 11 is 0. The van der Waals surface area contributed by atoms with E-state index in [9.17, 15) is 24.3 Å². The molecule has 1 aliphatic heterocycles. The lowest BCUT2D eigenvalue weighted by atomic mass is 9.83. The third-order valence-corrected chi connectivity index (χ3v) is 6.06. The van der Waals surface area contributed by atoms with Crippen LogP contribution in [0.4, 0.5) is 0 Å². The Kier molecular flexibility index (Phi) is 9.61. The van der Waals surface area contributed by atoms with Gasteiger partial charge >= 0.3 is 23.9 Å². The second kappa shape index (κ2) is 12.0.